The molecule has 0 atom stereocenters. The second-order valence-corrected chi connectivity index (χ2v) is 6.65. The number of aliphatic imine (C=N–C) groups is 1. The molecule has 0 saturated carbocycles. The summed E-state index contributed by atoms with van der Waals surface area (Å²) in [6.45, 7) is 0.971. The molecule has 2 aromatic rings. The van der Waals surface area contributed by atoms with Crippen LogP contribution in [-0.2, 0) is 19.1 Å². The molecule has 0 aliphatic heterocycles. The lowest BCUT2D eigenvalue weighted by Crippen LogP contribution is -2.37. The number of ether oxygens (including phenoxy) is 2. The topological polar surface area (TPSA) is 67.8 Å². The Bertz CT molecular complexity index is 875. The van der Waals surface area contributed by atoms with E-state index in [9.17, 15) is 13.2 Å². The fraction of sp³-hybridized carbons (Fsp3) is 0.368. The first-order valence-corrected chi connectivity index (χ1v) is 9.44. The molecule has 0 unspecified atom stereocenters. The Morgan fingerprint density at radius 3 is 2.72 bits per heavy atom. The third-order valence-corrected chi connectivity index (χ3v) is 4.60. The highest BCUT2D eigenvalue weighted by molar-refractivity contribution is 7.09. The van der Waals surface area contributed by atoms with Crippen molar-refractivity contribution in [3.8, 4) is 23.8 Å². The number of guanidine groups is 1. The fourth-order valence-electron chi connectivity index (χ4n) is 2.31. The van der Waals surface area contributed by atoms with Crippen molar-refractivity contribution in [1.82, 2.24) is 15.6 Å². The minimum atomic E-state index is -4.42. The molecule has 156 valence electrons. The second-order valence-electron chi connectivity index (χ2n) is 5.70. The third-order valence-electron chi connectivity index (χ3n) is 3.70. The Morgan fingerprint density at radius 1 is 1.31 bits per heavy atom. The molecule has 10 heteroatoms. The van der Waals surface area contributed by atoms with Gasteiger partial charge < -0.3 is 20.1 Å². The smallest absolute Gasteiger partial charge is 0.434 e. The van der Waals surface area contributed by atoms with E-state index in [0.29, 0.717) is 42.0 Å². The summed E-state index contributed by atoms with van der Waals surface area (Å²) in [5.74, 6) is 4.03. The molecule has 2 rings (SSSR count). The van der Waals surface area contributed by atoms with E-state index in [0.717, 1.165) is 22.3 Å². The van der Waals surface area contributed by atoms with Gasteiger partial charge in [0.15, 0.2) is 23.2 Å². The van der Waals surface area contributed by atoms with Crippen molar-refractivity contribution in [2.24, 2.45) is 4.99 Å². The Labute approximate surface area is 171 Å². The number of aromatic nitrogens is 1. The molecule has 2 N–H and O–H groups in total. The van der Waals surface area contributed by atoms with Gasteiger partial charge in [-0.1, -0.05) is 12.0 Å². The van der Waals surface area contributed by atoms with E-state index < -0.39 is 11.9 Å². The largest absolute Gasteiger partial charge is 0.493 e. The number of halogens is 3. The molecule has 0 spiro atoms. The quantitative estimate of drug-likeness (QED) is 0.386. The molecule has 1 heterocycles. The number of terminal acetylenes is 1. The van der Waals surface area contributed by atoms with Gasteiger partial charge in [-0.05, 0) is 17.7 Å². The first-order valence-electron chi connectivity index (χ1n) is 8.56. The average Bonchev–Trinajstić information content (AvgIpc) is 3.18. The van der Waals surface area contributed by atoms with Gasteiger partial charge in [0, 0.05) is 31.9 Å². The predicted octanol–water partition coefficient (Wildman–Crippen LogP) is 3.09. The molecule has 0 fully saturated rings. The standard InChI is InChI=1S/C19H21F3N4O2S/c1-4-9-28-15-10-13(5-6-14(15)27-3)11-25-18(23-2)24-8-7-17-26-16(12-29-17)19(20,21)22/h1,5-6,10,12H,7-9,11H2,2-3H3,(H2,23,24,25). The van der Waals surface area contributed by atoms with Crippen LogP contribution >= 0.6 is 11.3 Å². The van der Waals surface area contributed by atoms with Crippen molar-refractivity contribution in [3.63, 3.8) is 0 Å². The van der Waals surface area contributed by atoms with Gasteiger partial charge in [-0.15, -0.1) is 17.8 Å². The molecule has 6 nitrogen and oxygen atoms in total. The molecule has 0 saturated heterocycles. The number of hydrogen-bond acceptors (Lipinski definition) is 5. The van der Waals surface area contributed by atoms with Gasteiger partial charge in [0.2, 0.25) is 0 Å². The van der Waals surface area contributed by atoms with Crippen LogP contribution in [0.2, 0.25) is 0 Å². The number of alkyl halides is 3. The van der Waals surface area contributed by atoms with Crippen molar-refractivity contribution in [2.75, 3.05) is 27.3 Å². The van der Waals surface area contributed by atoms with Crippen LogP contribution in [0.4, 0.5) is 13.2 Å². The highest BCUT2D eigenvalue weighted by atomic mass is 32.1. The molecule has 0 bridgehead atoms. The molecule has 0 amide bonds. The van der Waals surface area contributed by atoms with Crippen LogP contribution in [0.25, 0.3) is 0 Å². The highest BCUT2D eigenvalue weighted by Crippen LogP contribution is 2.30. The summed E-state index contributed by atoms with van der Waals surface area (Å²) in [6.07, 6.45) is 1.16. The Morgan fingerprint density at radius 2 is 2.10 bits per heavy atom. The van der Waals surface area contributed by atoms with Crippen LogP contribution in [0.5, 0.6) is 11.5 Å². The number of nitrogens with one attached hydrogen (secondary N) is 2. The van der Waals surface area contributed by atoms with Crippen molar-refractivity contribution in [1.29, 1.82) is 0 Å². The number of thiazole rings is 1. The molecule has 1 aromatic carbocycles. The van der Waals surface area contributed by atoms with Gasteiger partial charge in [0.1, 0.15) is 6.61 Å². The first-order chi connectivity index (χ1) is 13.9. The lowest BCUT2D eigenvalue weighted by atomic mass is 10.2. The van der Waals surface area contributed by atoms with Gasteiger partial charge in [-0.25, -0.2) is 4.98 Å². The zero-order chi connectivity index (χ0) is 21.3. The van der Waals surface area contributed by atoms with E-state index >= 15 is 0 Å². The zero-order valence-electron chi connectivity index (χ0n) is 16.0. The Kier molecular flexibility index (Phi) is 8.15. The predicted molar refractivity (Wildman–Crippen MR) is 106 cm³/mol. The van der Waals surface area contributed by atoms with E-state index in [1.165, 1.54) is 0 Å². The highest BCUT2D eigenvalue weighted by Gasteiger charge is 2.33. The number of nitrogens with zero attached hydrogens (tertiary/aromatic N) is 2. The summed E-state index contributed by atoms with van der Waals surface area (Å²) in [5.41, 5.74) is 0.0536. The molecular formula is C19H21F3N4O2S. The number of hydrogen-bond donors (Lipinski definition) is 2. The van der Waals surface area contributed by atoms with Crippen LogP contribution in [0.3, 0.4) is 0 Å². The van der Waals surface area contributed by atoms with Gasteiger partial charge in [-0.3, -0.25) is 4.99 Å². The first kappa shape index (κ1) is 22.4. The van der Waals surface area contributed by atoms with E-state index in [-0.39, 0.29) is 6.61 Å². The zero-order valence-corrected chi connectivity index (χ0v) is 16.8. The Balaban J connectivity index is 1.86. The lowest BCUT2D eigenvalue weighted by molar-refractivity contribution is -0.140. The van der Waals surface area contributed by atoms with Gasteiger partial charge in [0.05, 0.1) is 12.1 Å². The number of benzene rings is 1. The van der Waals surface area contributed by atoms with Crippen molar-refractivity contribution < 1.29 is 22.6 Å². The van der Waals surface area contributed by atoms with Crippen LogP contribution < -0.4 is 20.1 Å². The maximum absolute atomic E-state index is 12.6. The normalized spacial score (nSPS) is 11.7. The maximum atomic E-state index is 12.6. The van der Waals surface area contributed by atoms with Crippen molar-refractivity contribution >= 4 is 17.3 Å². The molecule has 0 radical (unpaired) electrons. The lowest BCUT2D eigenvalue weighted by Gasteiger charge is -2.13. The number of methoxy groups -OCH3 is 1. The van der Waals surface area contributed by atoms with E-state index in [2.05, 4.69) is 26.5 Å². The van der Waals surface area contributed by atoms with E-state index in [4.69, 9.17) is 15.9 Å². The molecular weight excluding hydrogens is 405 g/mol. The maximum Gasteiger partial charge on any atom is 0.434 e. The molecule has 0 aliphatic carbocycles. The van der Waals surface area contributed by atoms with Crippen molar-refractivity contribution in [2.45, 2.75) is 19.1 Å². The fourth-order valence-corrected chi connectivity index (χ4v) is 3.12. The minimum Gasteiger partial charge on any atom is -0.493 e. The SMILES string of the molecule is C#CCOc1cc(CNC(=NC)NCCc2nc(C(F)(F)F)cs2)ccc1OC. The Hall–Kier alpha value is -2.93. The summed E-state index contributed by atoms with van der Waals surface area (Å²) in [6, 6.07) is 5.46. The van der Waals surface area contributed by atoms with Crippen molar-refractivity contribution in [3.05, 3.63) is 39.8 Å². The van der Waals surface area contributed by atoms with Gasteiger partial charge in [-0.2, -0.15) is 13.2 Å². The van der Waals surface area contributed by atoms with Crippen LogP contribution in [0.15, 0.2) is 28.6 Å². The van der Waals surface area contributed by atoms with Gasteiger partial charge >= 0.3 is 6.18 Å². The summed E-state index contributed by atoms with van der Waals surface area (Å²) in [4.78, 5) is 7.70. The van der Waals surface area contributed by atoms with Crippen LogP contribution in [0, 0.1) is 12.3 Å². The molecule has 0 aliphatic rings. The summed E-state index contributed by atoms with van der Waals surface area (Å²) >= 11 is 0.986. The van der Waals surface area contributed by atoms with Gasteiger partial charge in [0.25, 0.3) is 0 Å². The average molecular weight is 426 g/mol. The van der Waals surface area contributed by atoms with E-state index in [1.54, 1.807) is 20.2 Å². The summed E-state index contributed by atoms with van der Waals surface area (Å²) in [5, 5.41) is 7.60. The van der Waals surface area contributed by atoms with E-state index in [1.807, 2.05) is 12.1 Å². The summed E-state index contributed by atoms with van der Waals surface area (Å²) < 4.78 is 48.5. The monoisotopic (exact) mass is 426 g/mol. The number of rotatable bonds is 8. The molecule has 1 aromatic heterocycles. The second kappa shape index (κ2) is 10.6. The molecule has 29 heavy (non-hydrogen) atoms. The third kappa shape index (κ3) is 6.87. The minimum absolute atomic E-state index is 0.128. The van der Waals surface area contributed by atoms with Crippen LogP contribution in [0.1, 0.15) is 16.3 Å². The van der Waals surface area contributed by atoms with Crippen LogP contribution in [-0.4, -0.2) is 38.3 Å². The summed E-state index contributed by atoms with van der Waals surface area (Å²) in [7, 11) is 3.15.